The number of nitrogens with one attached hydrogen (secondary N) is 1. The molecule has 0 unspecified atom stereocenters. The largest absolute Gasteiger partial charge is 0.497 e. The highest BCUT2D eigenvalue weighted by atomic mass is 32.2. The van der Waals surface area contributed by atoms with E-state index >= 15 is 0 Å². The van der Waals surface area contributed by atoms with Gasteiger partial charge in [-0.3, -0.25) is 4.79 Å². The molecule has 3 aromatic rings. The summed E-state index contributed by atoms with van der Waals surface area (Å²) in [4.78, 5) is 17.3. The molecule has 1 saturated heterocycles. The highest BCUT2D eigenvalue weighted by Crippen LogP contribution is 2.30. The minimum Gasteiger partial charge on any atom is -0.497 e. The first-order valence-corrected chi connectivity index (χ1v) is 11.1. The van der Waals surface area contributed by atoms with Crippen LogP contribution >= 0.6 is 11.3 Å². The zero-order chi connectivity index (χ0) is 19.7. The number of carbonyl (C=O) groups excluding carboxylic acids is 1. The number of rotatable bonds is 5. The number of methoxy groups -OCH3 is 1. The van der Waals surface area contributed by atoms with Crippen molar-refractivity contribution in [3.8, 4) is 5.75 Å². The Hall–Kier alpha value is -2.49. The van der Waals surface area contributed by atoms with Crippen LogP contribution in [0.4, 0.5) is 5.13 Å². The molecule has 28 heavy (non-hydrogen) atoms. The SMILES string of the molecule is COc1ccc(S(=O)(=O)N2CCC[C@H]2C(=O)Nc2nc3ccccc3s2)cc1. The van der Waals surface area contributed by atoms with Gasteiger partial charge >= 0.3 is 0 Å². The average molecular weight is 418 g/mol. The molecule has 1 fully saturated rings. The molecule has 1 aliphatic rings. The van der Waals surface area contributed by atoms with Crippen LogP contribution in [0, 0.1) is 0 Å². The Labute approximate surface area is 167 Å². The number of sulfonamides is 1. The van der Waals surface area contributed by atoms with Crippen molar-refractivity contribution in [3.63, 3.8) is 0 Å². The van der Waals surface area contributed by atoms with Crippen molar-refractivity contribution in [1.82, 2.24) is 9.29 Å². The van der Waals surface area contributed by atoms with Gasteiger partial charge in [0.25, 0.3) is 0 Å². The molecule has 0 aliphatic carbocycles. The van der Waals surface area contributed by atoms with Crippen molar-refractivity contribution in [1.29, 1.82) is 0 Å². The van der Waals surface area contributed by atoms with Crippen LogP contribution in [0.2, 0.25) is 0 Å². The second kappa shape index (κ2) is 7.50. The minimum absolute atomic E-state index is 0.146. The van der Waals surface area contributed by atoms with Crippen LogP contribution < -0.4 is 10.1 Å². The lowest BCUT2D eigenvalue weighted by atomic mass is 10.2. The number of para-hydroxylation sites is 1. The summed E-state index contributed by atoms with van der Waals surface area (Å²) in [5.41, 5.74) is 0.803. The van der Waals surface area contributed by atoms with Gasteiger partial charge in [-0.1, -0.05) is 23.5 Å². The van der Waals surface area contributed by atoms with Crippen LogP contribution in [-0.2, 0) is 14.8 Å². The summed E-state index contributed by atoms with van der Waals surface area (Å²) in [5, 5.41) is 3.26. The molecule has 4 rings (SSSR count). The summed E-state index contributed by atoms with van der Waals surface area (Å²) in [6.07, 6.45) is 1.11. The van der Waals surface area contributed by atoms with Gasteiger partial charge in [-0.05, 0) is 49.2 Å². The predicted octanol–water partition coefficient (Wildman–Crippen LogP) is 3.10. The van der Waals surface area contributed by atoms with Gasteiger partial charge in [-0.25, -0.2) is 13.4 Å². The maximum Gasteiger partial charge on any atom is 0.244 e. The minimum atomic E-state index is -3.77. The Morgan fingerprint density at radius 3 is 2.68 bits per heavy atom. The molecule has 1 aromatic heterocycles. The number of aromatic nitrogens is 1. The number of hydrogen-bond donors (Lipinski definition) is 1. The highest BCUT2D eigenvalue weighted by molar-refractivity contribution is 7.89. The molecule has 9 heteroatoms. The van der Waals surface area contributed by atoms with E-state index in [1.807, 2.05) is 24.3 Å². The summed E-state index contributed by atoms with van der Waals surface area (Å²) in [5.74, 6) is 0.221. The second-order valence-electron chi connectivity index (χ2n) is 6.43. The lowest BCUT2D eigenvalue weighted by molar-refractivity contribution is -0.119. The maximum absolute atomic E-state index is 13.0. The van der Waals surface area contributed by atoms with E-state index in [-0.39, 0.29) is 10.8 Å². The fraction of sp³-hybridized carbons (Fsp3) is 0.263. The van der Waals surface area contributed by atoms with Gasteiger partial charge in [0.1, 0.15) is 11.8 Å². The first-order chi connectivity index (χ1) is 13.5. The molecule has 1 N–H and O–H groups in total. The summed E-state index contributed by atoms with van der Waals surface area (Å²) < 4.78 is 33.4. The van der Waals surface area contributed by atoms with Crippen molar-refractivity contribution < 1.29 is 17.9 Å². The normalized spacial score (nSPS) is 17.7. The molecule has 0 radical (unpaired) electrons. The molecule has 1 atom stereocenters. The van der Waals surface area contributed by atoms with Crippen molar-refractivity contribution >= 4 is 42.6 Å². The molecule has 2 heterocycles. The molecule has 7 nitrogen and oxygen atoms in total. The van der Waals surface area contributed by atoms with E-state index in [0.717, 1.165) is 10.2 Å². The third kappa shape index (κ3) is 3.48. The van der Waals surface area contributed by atoms with E-state index in [1.54, 1.807) is 12.1 Å². The average Bonchev–Trinajstić information content (AvgIpc) is 3.35. The van der Waals surface area contributed by atoms with Crippen LogP contribution in [0.15, 0.2) is 53.4 Å². The first-order valence-electron chi connectivity index (χ1n) is 8.81. The van der Waals surface area contributed by atoms with Crippen molar-refractivity contribution in [3.05, 3.63) is 48.5 Å². The van der Waals surface area contributed by atoms with E-state index < -0.39 is 16.1 Å². The first kappa shape index (κ1) is 18.9. The number of hydrogen-bond acceptors (Lipinski definition) is 6. The highest BCUT2D eigenvalue weighted by Gasteiger charge is 2.39. The molecular formula is C19H19N3O4S2. The number of anilines is 1. The molecular weight excluding hydrogens is 398 g/mol. The van der Waals surface area contributed by atoms with E-state index in [4.69, 9.17) is 4.74 Å². The Morgan fingerprint density at radius 1 is 1.21 bits per heavy atom. The Morgan fingerprint density at radius 2 is 1.96 bits per heavy atom. The Balaban J connectivity index is 1.55. The van der Waals surface area contributed by atoms with Crippen molar-refractivity contribution in [2.75, 3.05) is 19.0 Å². The van der Waals surface area contributed by atoms with Gasteiger partial charge < -0.3 is 10.1 Å². The molecule has 0 spiro atoms. The maximum atomic E-state index is 13.0. The van der Waals surface area contributed by atoms with E-state index in [9.17, 15) is 13.2 Å². The molecule has 0 saturated carbocycles. The second-order valence-corrected chi connectivity index (χ2v) is 9.35. The van der Waals surface area contributed by atoms with Crippen molar-refractivity contribution in [2.24, 2.45) is 0 Å². The third-order valence-electron chi connectivity index (χ3n) is 4.70. The van der Waals surface area contributed by atoms with Crippen LogP contribution in [0.25, 0.3) is 10.2 Å². The van der Waals surface area contributed by atoms with Gasteiger partial charge in [0.2, 0.25) is 15.9 Å². The molecule has 1 aliphatic heterocycles. The Bertz CT molecular complexity index is 1080. The van der Waals surface area contributed by atoms with Gasteiger partial charge in [-0.2, -0.15) is 4.31 Å². The number of thiazole rings is 1. The molecule has 146 valence electrons. The zero-order valence-electron chi connectivity index (χ0n) is 15.2. The third-order valence-corrected chi connectivity index (χ3v) is 7.57. The number of nitrogens with zero attached hydrogens (tertiary/aromatic N) is 2. The van der Waals surface area contributed by atoms with Gasteiger partial charge in [0.15, 0.2) is 5.13 Å². The van der Waals surface area contributed by atoms with Crippen LogP contribution in [0.5, 0.6) is 5.75 Å². The number of fused-ring (bicyclic) bond motifs is 1. The standard InChI is InChI=1S/C19H19N3O4S2/c1-26-13-8-10-14(11-9-13)28(24,25)22-12-4-6-16(22)18(23)21-19-20-15-5-2-3-7-17(15)27-19/h2-3,5,7-11,16H,4,6,12H2,1H3,(H,20,21,23)/t16-/m0/s1. The number of carbonyl (C=O) groups is 1. The number of amides is 1. The smallest absolute Gasteiger partial charge is 0.244 e. The topological polar surface area (TPSA) is 88.6 Å². The van der Waals surface area contributed by atoms with Gasteiger partial charge in [0.05, 0.1) is 22.2 Å². The predicted molar refractivity (Wildman–Crippen MR) is 108 cm³/mol. The van der Waals surface area contributed by atoms with Crippen LogP contribution in [0.1, 0.15) is 12.8 Å². The summed E-state index contributed by atoms with van der Waals surface area (Å²) in [6.45, 7) is 0.312. The fourth-order valence-corrected chi connectivity index (χ4v) is 5.81. The lowest BCUT2D eigenvalue weighted by Crippen LogP contribution is -2.43. The quantitative estimate of drug-likeness (QED) is 0.689. The number of benzene rings is 2. The van der Waals surface area contributed by atoms with E-state index in [0.29, 0.717) is 30.3 Å². The van der Waals surface area contributed by atoms with Crippen LogP contribution in [0.3, 0.4) is 0 Å². The monoisotopic (exact) mass is 417 g/mol. The molecule has 2 aromatic carbocycles. The lowest BCUT2D eigenvalue weighted by Gasteiger charge is -2.23. The fourth-order valence-electron chi connectivity index (χ4n) is 3.29. The summed E-state index contributed by atoms with van der Waals surface area (Å²) in [6, 6.07) is 13.0. The van der Waals surface area contributed by atoms with Crippen LogP contribution in [-0.4, -0.2) is 43.3 Å². The van der Waals surface area contributed by atoms with E-state index in [2.05, 4.69) is 10.3 Å². The van der Waals surface area contributed by atoms with Crippen molar-refractivity contribution in [2.45, 2.75) is 23.8 Å². The number of ether oxygens (including phenoxy) is 1. The van der Waals surface area contributed by atoms with Gasteiger partial charge in [-0.15, -0.1) is 0 Å². The zero-order valence-corrected chi connectivity index (χ0v) is 16.8. The van der Waals surface area contributed by atoms with E-state index in [1.165, 1.54) is 34.9 Å². The van der Waals surface area contributed by atoms with Gasteiger partial charge in [0, 0.05) is 6.54 Å². The summed E-state index contributed by atoms with van der Waals surface area (Å²) >= 11 is 1.37. The molecule has 0 bridgehead atoms. The Kier molecular flexibility index (Phi) is 5.05. The summed E-state index contributed by atoms with van der Waals surface area (Å²) in [7, 11) is -2.25. The molecule has 1 amide bonds.